The molecule has 0 amide bonds. The van der Waals surface area contributed by atoms with E-state index in [1.807, 2.05) is 6.07 Å². The lowest BCUT2D eigenvalue weighted by Gasteiger charge is -2.14. The molecule has 9 heteroatoms. The quantitative estimate of drug-likeness (QED) is 0.403. The van der Waals surface area contributed by atoms with Gasteiger partial charge in [0.1, 0.15) is 30.0 Å². The standard InChI is InChI=1S/C23H22FN5O3/c1-12(30)11-32-18-5-4-14(8-19(18)31-7-6-25)21-20-16-9-15(24)10-17(26-3)22(16)29-23(20)28-13(2)27-21/h4-5,8-10,12,26,30H,7,11H2,1-3H3,(H,27,28,29). The molecule has 0 radical (unpaired) electrons. The SMILES string of the molecule is CNc1cc(F)cc2c1[nH]c1nc(C)nc(-c3ccc(OCC(C)O)c(OCC#N)c3)c12. The van der Waals surface area contributed by atoms with Crippen molar-refractivity contribution < 1.29 is 19.0 Å². The van der Waals surface area contributed by atoms with E-state index in [4.69, 9.17) is 14.7 Å². The van der Waals surface area contributed by atoms with E-state index in [1.165, 1.54) is 12.1 Å². The van der Waals surface area contributed by atoms with Crippen molar-refractivity contribution in [1.29, 1.82) is 5.26 Å². The highest BCUT2D eigenvalue weighted by Gasteiger charge is 2.19. The van der Waals surface area contributed by atoms with E-state index in [9.17, 15) is 9.50 Å². The topological polar surface area (TPSA) is 116 Å². The van der Waals surface area contributed by atoms with Crippen molar-refractivity contribution in [2.24, 2.45) is 0 Å². The zero-order valence-electron chi connectivity index (χ0n) is 17.9. The molecule has 8 nitrogen and oxygen atoms in total. The fourth-order valence-corrected chi connectivity index (χ4v) is 3.59. The first kappa shape index (κ1) is 21.3. The molecule has 2 heterocycles. The van der Waals surface area contributed by atoms with E-state index in [-0.39, 0.29) is 19.0 Å². The van der Waals surface area contributed by atoms with Crippen LogP contribution in [0.25, 0.3) is 33.2 Å². The molecule has 0 aliphatic rings. The van der Waals surface area contributed by atoms with Crippen LogP contribution in [0.5, 0.6) is 11.5 Å². The van der Waals surface area contributed by atoms with E-state index in [0.717, 1.165) is 5.52 Å². The van der Waals surface area contributed by atoms with Gasteiger partial charge in [0.25, 0.3) is 0 Å². The Bertz CT molecular complexity index is 1340. The lowest BCUT2D eigenvalue weighted by atomic mass is 10.0. The third kappa shape index (κ3) is 4.00. The smallest absolute Gasteiger partial charge is 0.174 e. The molecule has 0 spiro atoms. The average Bonchev–Trinajstić information content (AvgIpc) is 3.13. The third-order valence-electron chi connectivity index (χ3n) is 4.90. The maximum absolute atomic E-state index is 14.3. The molecular formula is C23H22FN5O3. The number of nitrogens with one attached hydrogen (secondary N) is 2. The number of ether oxygens (including phenoxy) is 2. The number of aliphatic hydroxyl groups is 1. The molecule has 1 atom stereocenters. The van der Waals surface area contributed by atoms with E-state index in [1.54, 1.807) is 39.1 Å². The largest absolute Gasteiger partial charge is 0.487 e. The number of nitriles is 1. The average molecular weight is 435 g/mol. The number of nitrogens with zero attached hydrogens (tertiary/aromatic N) is 3. The summed E-state index contributed by atoms with van der Waals surface area (Å²) in [5.74, 6) is 0.902. The third-order valence-corrected chi connectivity index (χ3v) is 4.90. The summed E-state index contributed by atoms with van der Waals surface area (Å²) in [4.78, 5) is 12.4. The number of anilines is 1. The van der Waals surface area contributed by atoms with E-state index in [2.05, 4.69) is 20.3 Å². The second kappa shape index (κ2) is 8.69. The van der Waals surface area contributed by atoms with E-state index in [0.29, 0.717) is 50.7 Å². The van der Waals surface area contributed by atoms with Gasteiger partial charge in [-0.3, -0.25) is 0 Å². The van der Waals surface area contributed by atoms with E-state index < -0.39 is 6.10 Å². The Morgan fingerprint density at radius 3 is 2.75 bits per heavy atom. The maximum atomic E-state index is 14.3. The highest BCUT2D eigenvalue weighted by molar-refractivity contribution is 6.15. The number of H-pyrrole nitrogens is 1. The molecule has 2 aromatic carbocycles. The predicted octanol–water partition coefficient (Wildman–Crippen LogP) is 3.93. The van der Waals surface area contributed by atoms with E-state index >= 15 is 0 Å². The molecule has 4 rings (SSSR count). The van der Waals surface area contributed by atoms with Crippen LogP contribution in [0.4, 0.5) is 10.1 Å². The summed E-state index contributed by atoms with van der Waals surface area (Å²) in [6, 6.07) is 10.0. The molecule has 0 aliphatic heterocycles. The molecule has 164 valence electrons. The first-order valence-corrected chi connectivity index (χ1v) is 10.0. The Kier molecular flexibility index (Phi) is 5.79. The number of hydrogen-bond acceptors (Lipinski definition) is 7. The van der Waals surface area contributed by atoms with Crippen molar-refractivity contribution in [3.8, 4) is 28.8 Å². The number of hydrogen-bond donors (Lipinski definition) is 3. The second-order valence-electron chi connectivity index (χ2n) is 7.36. The van der Waals surface area contributed by atoms with Gasteiger partial charge in [-0.2, -0.15) is 5.26 Å². The molecule has 4 aromatic rings. The summed E-state index contributed by atoms with van der Waals surface area (Å²) >= 11 is 0. The Morgan fingerprint density at radius 1 is 1.22 bits per heavy atom. The number of aliphatic hydroxyl groups excluding tert-OH is 1. The number of benzene rings is 2. The van der Waals surface area contributed by atoms with Crippen molar-refractivity contribution in [2.75, 3.05) is 25.6 Å². The minimum absolute atomic E-state index is 0.0770. The number of aromatic amines is 1. The highest BCUT2D eigenvalue weighted by Crippen LogP contribution is 2.39. The lowest BCUT2D eigenvalue weighted by molar-refractivity contribution is 0.120. The van der Waals surface area contributed by atoms with Crippen LogP contribution in [0.2, 0.25) is 0 Å². The van der Waals surface area contributed by atoms with Gasteiger partial charge in [-0.15, -0.1) is 0 Å². The molecule has 0 saturated heterocycles. The van der Waals surface area contributed by atoms with Crippen molar-refractivity contribution >= 4 is 27.6 Å². The van der Waals surface area contributed by atoms with Crippen LogP contribution in [0.1, 0.15) is 12.7 Å². The van der Waals surface area contributed by atoms with Crippen molar-refractivity contribution in [3.05, 3.63) is 42.0 Å². The highest BCUT2D eigenvalue weighted by atomic mass is 19.1. The van der Waals surface area contributed by atoms with Gasteiger partial charge in [-0.05, 0) is 44.2 Å². The maximum Gasteiger partial charge on any atom is 0.174 e. The van der Waals surface area contributed by atoms with Gasteiger partial charge in [0.05, 0.1) is 28.4 Å². The molecule has 32 heavy (non-hydrogen) atoms. The zero-order chi connectivity index (χ0) is 22.8. The van der Waals surface area contributed by atoms with Gasteiger partial charge in [0, 0.05) is 18.0 Å². The van der Waals surface area contributed by atoms with Gasteiger partial charge in [0.15, 0.2) is 18.1 Å². The number of aryl methyl sites for hydroxylation is 1. The normalized spacial score (nSPS) is 12.0. The summed E-state index contributed by atoms with van der Waals surface area (Å²) in [6.07, 6.45) is -0.662. The van der Waals surface area contributed by atoms with Crippen molar-refractivity contribution in [2.45, 2.75) is 20.0 Å². The van der Waals surface area contributed by atoms with Gasteiger partial charge < -0.3 is 24.9 Å². The van der Waals surface area contributed by atoms with Crippen LogP contribution in [0, 0.1) is 24.1 Å². The molecule has 0 saturated carbocycles. The minimum Gasteiger partial charge on any atom is -0.487 e. The Labute approximate surface area is 183 Å². The number of rotatable bonds is 7. The summed E-state index contributed by atoms with van der Waals surface area (Å²) in [5, 5.41) is 22.8. The lowest BCUT2D eigenvalue weighted by Crippen LogP contribution is -2.13. The molecule has 3 N–H and O–H groups in total. The second-order valence-corrected chi connectivity index (χ2v) is 7.36. The Morgan fingerprint density at radius 2 is 2.03 bits per heavy atom. The molecule has 2 aromatic heterocycles. The number of halogens is 1. The summed E-state index contributed by atoms with van der Waals surface area (Å²) in [6.45, 7) is 3.30. The number of aromatic nitrogens is 3. The molecule has 0 bridgehead atoms. The Hall–Kier alpha value is -3.90. The van der Waals surface area contributed by atoms with Crippen LogP contribution < -0.4 is 14.8 Å². The minimum atomic E-state index is -0.662. The van der Waals surface area contributed by atoms with Crippen LogP contribution in [-0.4, -0.2) is 46.4 Å². The van der Waals surface area contributed by atoms with Gasteiger partial charge in [-0.1, -0.05) is 0 Å². The van der Waals surface area contributed by atoms with Gasteiger partial charge in [0.2, 0.25) is 0 Å². The monoisotopic (exact) mass is 435 g/mol. The summed E-state index contributed by atoms with van der Waals surface area (Å²) < 4.78 is 25.5. The first-order chi connectivity index (χ1) is 15.4. The van der Waals surface area contributed by atoms with Gasteiger partial charge in [-0.25, -0.2) is 14.4 Å². The summed E-state index contributed by atoms with van der Waals surface area (Å²) in [7, 11) is 1.72. The van der Waals surface area contributed by atoms with Crippen LogP contribution in [0.15, 0.2) is 30.3 Å². The van der Waals surface area contributed by atoms with Crippen LogP contribution in [-0.2, 0) is 0 Å². The summed E-state index contributed by atoms with van der Waals surface area (Å²) in [5.41, 5.74) is 3.20. The van der Waals surface area contributed by atoms with Crippen LogP contribution >= 0.6 is 0 Å². The van der Waals surface area contributed by atoms with Gasteiger partial charge >= 0.3 is 0 Å². The van der Waals surface area contributed by atoms with Crippen molar-refractivity contribution in [1.82, 2.24) is 15.0 Å². The fraction of sp³-hybridized carbons (Fsp3) is 0.261. The molecule has 0 fully saturated rings. The molecule has 1 unspecified atom stereocenters. The number of fused-ring (bicyclic) bond motifs is 3. The predicted molar refractivity (Wildman–Crippen MR) is 119 cm³/mol. The Balaban J connectivity index is 1.93. The first-order valence-electron chi connectivity index (χ1n) is 10.0. The zero-order valence-corrected chi connectivity index (χ0v) is 17.9. The fourth-order valence-electron chi connectivity index (χ4n) is 3.59. The van der Waals surface area contributed by atoms with Crippen molar-refractivity contribution in [3.63, 3.8) is 0 Å². The van der Waals surface area contributed by atoms with Crippen LogP contribution in [0.3, 0.4) is 0 Å². The molecule has 0 aliphatic carbocycles. The molecular weight excluding hydrogens is 413 g/mol.